The third kappa shape index (κ3) is 4.12. The molecule has 0 aliphatic carbocycles. The van der Waals surface area contributed by atoms with Crippen LogP contribution in [0, 0.1) is 0 Å². The highest BCUT2D eigenvalue weighted by atomic mass is 19.3. The second kappa shape index (κ2) is 8.23. The molecular weight excluding hydrogens is 396 g/mol. The molecule has 30 heavy (non-hydrogen) atoms. The Morgan fingerprint density at radius 1 is 1.03 bits per heavy atom. The lowest BCUT2D eigenvalue weighted by Crippen LogP contribution is -2.54. The van der Waals surface area contributed by atoms with Crippen LogP contribution in [0.1, 0.15) is 25.8 Å². The maximum absolute atomic E-state index is 13.3. The lowest BCUT2D eigenvalue weighted by Gasteiger charge is -2.42. The fourth-order valence-corrected chi connectivity index (χ4v) is 3.53. The lowest BCUT2D eigenvalue weighted by atomic mass is 10.0. The zero-order valence-corrected chi connectivity index (χ0v) is 17.0. The largest absolute Gasteiger partial charge is 0.383 e. The average molecular weight is 421 g/mol. The maximum atomic E-state index is 13.3. The first-order valence-electron chi connectivity index (χ1n) is 9.83. The maximum Gasteiger partial charge on any atom is 0.267 e. The van der Waals surface area contributed by atoms with Crippen molar-refractivity contribution in [3.05, 3.63) is 17.8 Å². The van der Waals surface area contributed by atoms with Crippen molar-refractivity contribution in [1.82, 2.24) is 19.9 Å². The summed E-state index contributed by atoms with van der Waals surface area (Å²) >= 11 is 0. The summed E-state index contributed by atoms with van der Waals surface area (Å²) in [6.07, 6.45) is -1.33. The molecule has 0 radical (unpaired) electrons. The Hall–Kier alpha value is -2.66. The van der Waals surface area contributed by atoms with Crippen molar-refractivity contribution in [3.63, 3.8) is 0 Å². The highest BCUT2D eigenvalue weighted by molar-refractivity contribution is 5.62. The van der Waals surface area contributed by atoms with E-state index in [9.17, 15) is 8.78 Å². The Morgan fingerprint density at radius 2 is 1.73 bits per heavy atom. The van der Waals surface area contributed by atoms with Gasteiger partial charge in [0.2, 0.25) is 11.9 Å². The summed E-state index contributed by atoms with van der Waals surface area (Å²) in [5, 5.41) is 0. The van der Waals surface area contributed by atoms with Crippen molar-refractivity contribution >= 4 is 17.7 Å². The molecule has 2 aromatic heterocycles. The normalized spacial score (nSPS) is 19.4. The first-order chi connectivity index (χ1) is 14.3. The summed E-state index contributed by atoms with van der Waals surface area (Å²) in [5.41, 5.74) is 5.31. The summed E-state index contributed by atoms with van der Waals surface area (Å²) < 4.78 is 37.7. The zero-order valence-electron chi connectivity index (χ0n) is 17.0. The van der Waals surface area contributed by atoms with Crippen molar-refractivity contribution in [2.75, 3.05) is 61.6 Å². The first-order valence-corrected chi connectivity index (χ1v) is 9.83. The molecule has 0 unspecified atom stereocenters. The summed E-state index contributed by atoms with van der Waals surface area (Å²) in [7, 11) is 0. The number of anilines is 3. The SMILES string of the molecule is CC1(C)COCCN1c1nc(-c2cnc(N)c(C(F)F)c2)nc(N2CCOCC2)n1. The molecule has 11 heteroatoms. The van der Waals surface area contributed by atoms with E-state index in [4.69, 9.17) is 20.2 Å². The van der Waals surface area contributed by atoms with Gasteiger partial charge < -0.3 is 25.0 Å². The summed E-state index contributed by atoms with van der Waals surface area (Å²) in [6, 6.07) is 1.29. The van der Waals surface area contributed by atoms with Gasteiger partial charge in [0.15, 0.2) is 5.82 Å². The van der Waals surface area contributed by atoms with Gasteiger partial charge in [-0.2, -0.15) is 15.0 Å². The zero-order chi connectivity index (χ0) is 21.3. The lowest BCUT2D eigenvalue weighted by molar-refractivity contribution is 0.0633. The van der Waals surface area contributed by atoms with E-state index in [0.717, 1.165) is 0 Å². The molecule has 0 spiro atoms. The summed E-state index contributed by atoms with van der Waals surface area (Å²) in [6.45, 7) is 8.19. The van der Waals surface area contributed by atoms with E-state index >= 15 is 0 Å². The minimum absolute atomic E-state index is 0.203. The van der Waals surface area contributed by atoms with E-state index in [1.54, 1.807) is 0 Å². The third-order valence-corrected chi connectivity index (χ3v) is 5.24. The molecule has 0 bridgehead atoms. The number of rotatable bonds is 4. The van der Waals surface area contributed by atoms with Crippen molar-refractivity contribution in [1.29, 1.82) is 0 Å². The molecule has 4 rings (SSSR count). The highest BCUT2D eigenvalue weighted by Gasteiger charge is 2.33. The summed E-state index contributed by atoms with van der Waals surface area (Å²) in [4.78, 5) is 21.9. The molecule has 162 valence electrons. The van der Waals surface area contributed by atoms with Crippen LogP contribution in [0.2, 0.25) is 0 Å². The van der Waals surface area contributed by atoms with Crippen LogP contribution in [0.25, 0.3) is 11.4 Å². The molecule has 0 amide bonds. The Labute approximate surface area is 173 Å². The fraction of sp³-hybridized carbons (Fsp3) is 0.579. The van der Waals surface area contributed by atoms with Gasteiger partial charge in [-0.1, -0.05) is 0 Å². The number of pyridine rings is 1. The van der Waals surface area contributed by atoms with E-state index < -0.39 is 6.43 Å². The van der Waals surface area contributed by atoms with Gasteiger partial charge in [-0.25, -0.2) is 13.8 Å². The van der Waals surface area contributed by atoms with Gasteiger partial charge in [0.1, 0.15) is 5.82 Å². The van der Waals surface area contributed by atoms with Crippen LogP contribution in [0.3, 0.4) is 0 Å². The number of alkyl halides is 2. The van der Waals surface area contributed by atoms with Gasteiger partial charge in [0.25, 0.3) is 6.43 Å². The van der Waals surface area contributed by atoms with Gasteiger partial charge in [0.05, 0.1) is 37.5 Å². The van der Waals surface area contributed by atoms with Crippen LogP contribution in [-0.4, -0.2) is 71.5 Å². The molecule has 9 nitrogen and oxygen atoms in total. The van der Waals surface area contributed by atoms with Crippen molar-refractivity contribution in [3.8, 4) is 11.4 Å². The molecule has 2 fully saturated rings. The van der Waals surface area contributed by atoms with Crippen LogP contribution >= 0.6 is 0 Å². The summed E-state index contributed by atoms with van der Waals surface area (Å²) in [5.74, 6) is 1.03. The number of nitrogens with zero attached hydrogens (tertiary/aromatic N) is 6. The standard InChI is InChI=1S/C19H25F2N7O2/c1-19(2)11-30-8-5-28(19)18-25-16(12-9-13(14(20)21)15(22)23-10-12)24-17(26-18)27-3-6-29-7-4-27/h9-10,14H,3-8,11H2,1-2H3,(H2,22,23). The first kappa shape index (κ1) is 20.6. The van der Waals surface area contributed by atoms with E-state index in [1.165, 1.54) is 12.3 Å². The molecule has 2 aromatic rings. The molecule has 0 atom stereocenters. The number of nitrogens with two attached hydrogens (primary N) is 1. The van der Waals surface area contributed by atoms with Crippen LogP contribution in [-0.2, 0) is 9.47 Å². The van der Waals surface area contributed by atoms with Gasteiger partial charge in [-0.15, -0.1) is 0 Å². The minimum atomic E-state index is -2.74. The van der Waals surface area contributed by atoms with Crippen molar-refractivity contribution in [2.24, 2.45) is 0 Å². The molecular formula is C19H25F2N7O2. The molecule has 2 aliphatic heterocycles. The smallest absolute Gasteiger partial charge is 0.267 e. The third-order valence-electron chi connectivity index (χ3n) is 5.24. The quantitative estimate of drug-likeness (QED) is 0.793. The average Bonchev–Trinajstić information content (AvgIpc) is 2.74. The van der Waals surface area contributed by atoms with Crippen LogP contribution < -0.4 is 15.5 Å². The predicted octanol–water partition coefficient (Wildman–Crippen LogP) is 1.91. The number of hydrogen-bond acceptors (Lipinski definition) is 9. The number of nitrogen functional groups attached to an aromatic ring is 1. The molecule has 2 aliphatic rings. The topological polar surface area (TPSA) is 103 Å². The predicted molar refractivity (Wildman–Crippen MR) is 108 cm³/mol. The Balaban J connectivity index is 1.80. The van der Waals surface area contributed by atoms with Crippen LogP contribution in [0.15, 0.2) is 12.3 Å². The monoisotopic (exact) mass is 421 g/mol. The van der Waals surface area contributed by atoms with E-state index in [0.29, 0.717) is 63.5 Å². The van der Waals surface area contributed by atoms with E-state index in [1.807, 2.05) is 18.7 Å². The second-order valence-corrected chi connectivity index (χ2v) is 7.87. The Kier molecular flexibility index (Phi) is 5.65. The van der Waals surface area contributed by atoms with Crippen LogP contribution in [0.4, 0.5) is 26.5 Å². The number of hydrogen-bond donors (Lipinski definition) is 1. The van der Waals surface area contributed by atoms with Crippen LogP contribution in [0.5, 0.6) is 0 Å². The molecule has 0 saturated carbocycles. The van der Waals surface area contributed by atoms with Crippen molar-refractivity contribution in [2.45, 2.75) is 25.8 Å². The number of aromatic nitrogens is 4. The molecule has 2 saturated heterocycles. The number of ether oxygens (including phenoxy) is 2. The highest BCUT2D eigenvalue weighted by Crippen LogP contribution is 2.30. The van der Waals surface area contributed by atoms with E-state index in [2.05, 4.69) is 19.9 Å². The second-order valence-electron chi connectivity index (χ2n) is 7.87. The fourth-order valence-electron chi connectivity index (χ4n) is 3.53. The Morgan fingerprint density at radius 3 is 2.43 bits per heavy atom. The van der Waals surface area contributed by atoms with Gasteiger partial charge in [0, 0.05) is 31.4 Å². The number of halogens is 2. The van der Waals surface area contributed by atoms with Gasteiger partial charge in [-0.3, -0.25) is 0 Å². The molecule has 4 heterocycles. The van der Waals surface area contributed by atoms with Crippen molar-refractivity contribution < 1.29 is 18.3 Å². The minimum Gasteiger partial charge on any atom is -0.383 e. The van der Waals surface area contributed by atoms with E-state index in [-0.39, 0.29) is 22.7 Å². The number of morpholine rings is 2. The molecule has 2 N–H and O–H groups in total. The van der Waals surface area contributed by atoms with Gasteiger partial charge in [-0.05, 0) is 19.9 Å². The van der Waals surface area contributed by atoms with Gasteiger partial charge >= 0.3 is 0 Å². The molecule has 0 aromatic carbocycles. The Bertz CT molecular complexity index is 906.